The lowest BCUT2D eigenvalue weighted by atomic mass is 9.83. The van der Waals surface area contributed by atoms with Gasteiger partial charge in [-0.25, -0.2) is 0 Å². The van der Waals surface area contributed by atoms with Gasteiger partial charge in [0.15, 0.2) is 0 Å². The summed E-state index contributed by atoms with van der Waals surface area (Å²) in [6.07, 6.45) is 4.49. The fourth-order valence-corrected chi connectivity index (χ4v) is 4.50. The van der Waals surface area contributed by atoms with Gasteiger partial charge < -0.3 is 4.90 Å². The van der Waals surface area contributed by atoms with E-state index in [1.165, 1.54) is 5.56 Å². The molecule has 2 aliphatic rings. The van der Waals surface area contributed by atoms with Crippen molar-refractivity contribution in [2.24, 2.45) is 0 Å². The van der Waals surface area contributed by atoms with E-state index in [0.717, 1.165) is 31.6 Å². The van der Waals surface area contributed by atoms with Gasteiger partial charge in [-0.2, -0.15) is 0 Å². The number of rotatable bonds is 4. The molecule has 3 heterocycles. The Bertz CT molecular complexity index is 733. The summed E-state index contributed by atoms with van der Waals surface area (Å²) in [6.45, 7) is 4.88. The molecule has 2 aromatic rings. The molecule has 4 rings (SSSR count). The van der Waals surface area contributed by atoms with Crippen LogP contribution in [-0.4, -0.2) is 38.8 Å². The van der Waals surface area contributed by atoms with Gasteiger partial charge in [-0.1, -0.05) is 36.4 Å². The zero-order valence-corrected chi connectivity index (χ0v) is 14.8. The fraction of sp³-hybridized carbons (Fsp3) is 0.429. The van der Waals surface area contributed by atoms with Gasteiger partial charge in [0.05, 0.1) is 11.2 Å². The van der Waals surface area contributed by atoms with E-state index in [0.29, 0.717) is 24.9 Å². The summed E-state index contributed by atoms with van der Waals surface area (Å²) < 4.78 is 0. The van der Waals surface area contributed by atoms with Crippen LogP contribution < -0.4 is 0 Å². The summed E-state index contributed by atoms with van der Waals surface area (Å²) >= 11 is 0. The van der Waals surface area contributed by atoms with Crippen molar-refractivity contribution in [3.8, 4) is 0 Å². The molecular weight excluding hydrogens is 310 g/mol. The number of pyridine rings is 1. The molecule has 2 atom stereocenters. The van der Waals surface area contributed by atoms with Crippen molar-refractivity contribution in [1.82, 2.24) is 14.8 Å². The Labute approximate surface area is 149 Å². The van der Waals surface area contributed by atoms with E-state index < -0.39 is 0 Å². The molecule has 0 spiro atoms. The van der Waals surface area contributed by atoms with Crippen molar-refractivity contribution in [1.29, 1.82) is 0 Å². The number of nitrogens with zero attached hydrogens (tertiary/aromatic N) is 3. The minimum absolute atomic E-state index is 0.0834. The first-order valence-corrected chi connectivity index (χ1v) is 9.15. The molecule has 0 N–H and O–H groups in total. The van der Waals surface area contributed by atoms with Gasteiger partial charge in [0, 0.05) is 38.3 Å². The summed E-state index contributed by atoms with van der Waals surface area (Å²) in [5.41, 5.74) is 2.24. The van der Waals surface area contributed by atoms with Crippen molar-refractivity contribution in [2.75, 3.05) is 6.54 Å². The molecular formula is C21H25N3O. The Hall–Kier alpha value is -2.20. The highest BCUT2D eigenvalue weighted by Gasteiger charge is 2.51. The van der Waals surface area contributed by atoms with Gasteiger partial charge in [-0.3, -0.25) is 14.7 Å². The maximum atomic E-state index is 12.7. The van der Waals surface area contributed by atoms with Gasteiger partial charge in [0.1, 0.15) is 0 Å². The summed E-state index contributed by atoms with van der Waals surface area (Å²) in [5, 5.41) is 0. The largest absolute Gasteiger partial charge is 0.331 e. The molecule has 2 saturated heterocycles. The first-order valence-electron chi connectivity index (χ1n) is 9.15. The zero-order valence-electron chi connectivity index (χ0n) is 14.8. The number of hydrogen-bond donors (Lipinski definition) is 0. The summed E-state index contributed by atoms with van der Waals surface area (Å²) in [6, 6.07) is 16.8. The van der Waals surface area contributed by atoms with Gasteiger partial charge >= 0.3 is 0 Å². The third kappa shape index (κ3) is 3.07. The number of likely N-dealkylation sites (tertiary alicyclic amines) is 2. The molecule has 1 aromatic carbocycles. The predicted molar refractivity (Wildman–Crippen MR) is 97.7 cm³/mol. The van der Waals surface area contributed by atoms with E-state index in [-0.39, 0.29) is 5.54 Å². The van der Waals surface area contributed by atoms with Crippen LogP contribution in [0.1, 0.15) is 37.4 Å². The van der Waals surface area contributed by atoms with Crippen LogP contribution in [0.3, 0.4) is 0 Å². The van der Waals surface area contributed by atoms with Crippen LogP contribution in [-0.2, 0) is 17.9 Å². The van der Waals surface area contributed by atoms with Gasteiger partial charge in [0.25, 0.3) is 0 Å². The Morgan fingerprint density at radius 2 is 1.92 bits per heavy atom. The lowest BCUT2D eigenvalue weighted by Crippen LogP contribution is -2.59. The van der Waals surface area contributed by atoms with E-state index in [1.807, 2.05) is 36.5 Å². The third-order valence-corrected chi connectivity index (χ3v) is 5.89. The molecule has 2 fully saturated rings. The van der Waals surface area contributed by atoms with Crippen molar-refractivity contribution < 1.29 is 4.79 Å². The Morgan fingerprint density at radius 1 is 1.12 bits per heavy atom. The maximum absolute atomic E-state index is 12.7. The SMILES string of the molecule is C[C@]12CCN(Cc3ccccn3)[C@H]1CCC(=O)N2Cc1ccccc1. The molecule has 0 radical (unpaired) electrons. The molecule has 4 nitrogen and oxygen atoms in total. The molecule has 1 aromatic heterocycles. The quantitative estimate of drug-likeness (QED) is 0.861. The van der Waals surface area contributed by atoms with Crippen molar-refractivity contribution >= 4 is 5.91 Å². The molecule has 0 bridgehead atoms. The fourth-order valence-electron chi connectivity index (χ4n) is 4.50. The second-order valence-corrected chi connectivity index (χ2v) is 7.42. The number of aromatic nitrogens is 1. The lowest BCUT2D eigenvalue weighted by Gasteiger charge is -2.48. The number of benzene rings is 1. The number of carbonyl (C=O) groups is 1. The number of hydrogen-bond acceptors (Lipinski definition) is 3. The molecule has 1 amide bonds. The van der Waals surface area contributed by atoms with E-state index in [4.69, 9.17) is 0 Å². The summed E-state index contributed by atoms with van der Waals surface area (Å²) in [7, 11) is 0. The molecule has 130 valence electrons. The first-order chi connectivity index (χ1) is 12.2. The summed E-state index contributed by atoms with van der Waals surface area (Å²) in [4.78, 5) is 21.8. The van der Waals surface area contributed by atoms with Crippen LogP contribution in [0.5, 0.6) is 0 Å². The second-order valence-electron chi connectivity index (χ2n) is 7.42. The lowest BCUT2D eigenvalue weighted by molar-refractivity contribution is -0.144. The maximum Gasteiger partial charge on any atom is 0.223 e. The molecule has 0 saturated carbocycles. The number of carbonyl (C=O) groups excluding carboxylic acids is 1. The van der Waals surface area contributed by atoms with Crippen molar-refractivity contribution in [2.45, 2.75) is 50.9 Å². The van der Waals surface area contributed by atoms with Gasteiger partial charge in [0.2, 0.25) is 5.91 Å². The average molecular weight is 335 g/mol. The Balaban J connectivity index is 1.55. The highest BCUT2D eigenvalue weighted by atomic mass is 16.2. The highest BCUT2D eigenvalue weighted by molar-refractivity contribution is 5.78. The van der Waals surface area contributed by atoms with Crippen LogP contribution in [0.25, 0.3) is 0 Å². The predicted octanol–water partition coefficient (Wildman–Crippen LogP) is 3.24. The van der Waals surface area contributed by atoms with Crippen LogP contribution in [0.15, 0.2) is 54.7 Å². The molecule has 2 aliphatic heterocycles. The topological polar surface area (TPSA) is 36.4 Å². The highest BCUT2D eigenvalue weighted by Crippen LogP contribution is 2.41. The second kappa shape index (κ2) is 6.60. The smallest absolute Gasteiger partial charge is 0.223 e. The molecule has 0 unspecified atom stereocenters. The van der Waals surface area contributed by atoms with Crippen LogP contribution in [0.2, 0.25) is 0 Å². The summed E-state index contributed by atoms with van der Waals surface area (Å²) in [5.74, 6) is 0.294. The molecule has 0 aliphatic carbocycles. The minimum atomic E-state index is -0.0834. The van der Waals surface area contributed by atoms with Crippen LogP contribution in [0, 0.1) is 0 Å². The Kier molecular flexibility index (Phi) is 4.30. The monoisotopic (exact) mass is 335 g/mol. The van der Waals surface area contributed by atoms with E-state index in [2.05, 4.69) is 39.9 Å². The standard InChI is InChI=1S/C21H25N3O/c1-21-12-14-23(16-18-9-5-6-13-22-18)19(21)10-11-20(25)24(21)15-17-7-3-2-4-8-17/h2-9,13,19H,10-12,14-16H2,1H3/t19-,21-/m0/s1. The minimum Gasteiger partial charge on any atom is -0.331 e. The van der Waals surface area contributed by atoms with Gasteiger partial charge in [-0.05, 0) is 37.5 Å². The first kappa shape index (κ1) is 16.3. The van der Waals surface area contributed by atoms with E-state index >= 15 is 0 Å². The molecule has 4 heteroatoms. The van der Waals surface area contributed by atoms with Crippen molar-refractivity contribution in [3.05, 3.63) is 66.0 Å². The third-order valence-electron chi connectivity index (χ3n) is 5.89. The zero-order chi connectivity index (χ0) is 17.3. The Morgan fingerprint density at radius 3 is 2.68 bits per heavy atom. The average Bonchev–Trinajstić information content (AvgIpc) is 2.96. The van der Waals surface area contributed by atoms with Gasteiger partial charge in [-0.15, -0.1) is 0 Å². The normalized spacial score (nSPS) is 26.7. The van der Waals surface area contributed by atoms with Crippen LogP contribution in [0.4, 0.5) is 0 Å². The van der Waals surface area contributed by atoms with Crippen LogP contribution >= 0.6 is 0 Å². The number of amides is 1. The molecule has 25 heavy (non-hydrogen) atoms. The number of piperidine rings is 1. The van der Waals surface area contributed by atoms with Crippen molar-refractivity contribution in [3.63, 3.8) is 0 Å². The van der Waals surface area contributed by atoms with E-state index in [9.17, 15) is 4.79 Å². The van der Waals surface area contributed by atoms with E-state index in [1.54, 1.807) is 0 Å². The number of fused-ring (bicyclic) bond motifs is 1.